The van der Waals surface area contributed by atoms with Crippen LogP contribution in [0.5, 0.6) is 0 Å². The number of rotatable bonds is 5. The van der Waals surface area contributed by atoms with E-state index in [1.165, 1.54) is 0 Å². The molecule has 0 saturated carbocycles. The van der Waals surface area contributed by atoms with Gasteiger partial charge in [0.15, 0.2) is 5.65 Å². The Labute approximate surface area is 98.0 Å². The van der Waals surface area contributed by atoms with Crippen molar-refractivity contribution in [2.75, 3.05) is 17.7 Å². The van der Waals surface area contributed by atoms with Gasteiger partial charge in [-0.05, 0) is 22.8 Å². The Morgan fingerprint density at radius 3 is 3.19 bits per heavy atom. The highest BCUT2D eigenvalue weighted by atomic mass is 35.5. The van der Waals surface area contributed by atoms with Crippen LogP contribution in [0, 0.1) is 5.92 Å². The zero-order chi connectivity index (χ0) is 11.4. The molecule has 16 heavy (non-hydrogen) atoms. The third kappa shape index (κ3) is 2.38. The van der Waals surface area contributed by atoms with Crippen molar-refractivity contribution >= 4 is 23.1 Å². The smallest absolute Gasteiger partial charge is 0.199 e. The highest BCUT2D eigenvalue weighted by molar-refractivity contribution is 6.17. The second-order valence-electron chi connectivity index (χ2n) is 3.71. The van der Waals surface area contributed by atoms with E-state index in [9.17, 15) is 0 Å². The van der Waals surface area contributed by atoms with Gasteiger partial charge in [-0.15, -0.1) is 16.7 Å². The first-order valence-electron chi connectivity index (χ1n) is 5.13. The molecule has 2 rings (SSSR count). The first-order chi connectivity index (χ1) is 7.81. The van der Waals surface area contributed by atoms with Crippen molar-refractivity contribution in [3.63, 3.8) is 0 Å². The summed E-state index contributed by atoms with van der Waals surface area (Å²) in [6.07, 6.45) is 4.30. The predicted octanol–water partition coefficient (Wildman–Crippen LogP) is 1.20. The molecule has 6 nitrogen and oxygen atoms in total. The molecule has 0 bridgehead atoms. The third-order valence-electron chi connectivity index (χ3n) is 2.34. The highest BCUT2D eigenvalue weighted by Crippen LogP contribution is 2.08. The Kier molecular flexibility index (Phi) is 3.51. The quantitative estimate of drug-likeness (QED) is 0.796. The van der Waals surface area contributed by atoms with E-state index in [1.807, 2.05) is 0 Å². The molecule has 1 atom stereocenters. The van der Waals surface area contributed by atoms with Crippen molar-refractivity contribution in [1.29, 1.82) is 0 Å². The number of nitrogens with one attached hydrogen (secondary N) is 1. The molecule has 1 unspecified atom stereocenters. The van der Waals surface area contributed by atoms with E-state index in [-0.39, 0.29) is 0 Å². The average molecular weight is 241 g/mol. The highest BCUT2D eigenvalue weighted by Gasteiger charge is 2.05. The van der Waals surface area contributed by atoms with Crippen molar-refractivity contribution in [3.8, 4) is 0 Å². The second kappa shape index (κ2) is 5.07. The maximum Gasteiger partial charge on any atom is 0.199 e. The van der Waals surface area contributed by atoms with Gasteiger partial charge in [0.25, 0.3) is 0 Å². The number of hydrogen-bond donors (Lipinski definition) is 1. The van der Waals surface area contributed by atoms with Crippen LogP contribution < -0.4 is 5.32 Å². The molecule has 0 fully saturated rings. The molecule has 0 amide bonds. The summed E-state index contributed by atoms with van der Waals surface area (Å²) in [6, 6.07) is 0. The van der Waals surface area contributed by atoms with Crippen LogP contribution in [-0.2, 0) is 0 Å². The van der Waals surface area contributed by atoms with E-state index in [1.54, 1.807) is 16.9 Å². The maximum absolute atomic E-state index is 5.68. The lowest BCUT2D eigenvalue weighted by molar-refractivity contribution is 0.594. The number of fused-ring (bicyclic) bond motifs is 1. The van der Waals surface area contributed by atoms with Gasteiger partial charge in [-0.2, -0.15) is 4.52 Å². The van der Waals surface area contributed by atoms with E-state index in [2.05, 4.69) is 32.7 Å². The Morgan fingerprint density at radius 1 is 1.50 bits per heavy atom. The van der Waals surface area contributed by atoms with Crippen LogP contribution in [0.15, 0.2) is 12.4 Å². The number of anilines is 1. The molecule has 0 aliphatic carbocycles. The van der Waals surface area contributed by atoms with Crippen molar-refractivity contribution in [1.82, 2.24) is 25.0 Å². The molecule has 2 heterocycles. The number of hydrogen-bond acceptors (Lipinski definition) is 5. The topological polar surface area (TPSA) is 68.0 Å². The van der Waals surface area contributed by atoms with Crippen LogP contribution in [0.1, 0.15) is 13.3 Å². The molecule has 0 spiro atoms. The van der Waals surface area contributed by atoms with E-state index in [0.29, 0.717) is 17.4 Å². The Morgan fingerprint density at radius 2 is 2.38 bits per heavy atom. The molecule has 2 aromatic rings. The van der Waals surface area contributed by atoms with Crippen LogP contribution >= 0.6 is 11.6 Å². The fraction of sp³-hybridized carbons (Fsp3) is 0.556. The van der Waals surface area contributed by atoms with Crippen molar-refractivity contribution in [2.45, 2.75) is 13.3 Å². The summed E-state index contributed by atoms with van der Waals surface area (Å²) in [5, 5.41) is 14.5. The van der Waals surface area contributed by atoms with Gasteiger partial charge in [-0.25, -0.2) is 0 Å². The normalized spacial score (nSPS) is 12.9. The lowest BCUT2D eigenvalue weighted by Gasteiger charge is -2.11. The summed E-state index contributed by atoms with van der Waals surface area (Å²) >= 11 is 5.68. The molecular weight excluding hydrogens is 228 g/mol. The Balaban J connectivity index is 2.06. The summed E-state index contributed by atoms with van der Waals surface area (Å²) in [4.78, 5) is 4.06. The molecule has 0 aliphatic heterocycles. The van der Waals surface area contributed by atoms with Crippen LogP contribution in [0.3, 0.4) is 0 Å². The maximum atomic E-state index is 5.68. The summed E-state index contributed by atoms with van der Waals surface area (Å²) in [7, 11) is 0. The van der Waals surface area contributed by atoms with Crippen LogP contribution in [0.25, 0.3) is 5.65 Å². The molecule has 0 aliphatic rings. The standard InChI is InChI=1S/C9H13ClN6/c1-7(2-3-10)4-12-8-5-11-6-9-13-14-15-16(8)9/h5-7,12H,2-4H2,1H3. The van der Waals surface area contributed by atoms with Crippen LogP contribution in [-0.4, -0.2) is 37.4 Å². The third-order valence-corrected chi connectivity index (χ3v) is 2.56. The molecule has 0 aromatic carbocycles. The van der Waals surface area contributed by atoms with Crippen molar-refractivity contribution in [2.24, 2.45) is 5.92 Å². The largest absolute Gasteiger partial charge is 0.368 e. The summed E-state index contributed by atoms with van der Waals surface area (Å²) < 4.78 is 1.63. The SMILES string of the molecule is CC(CCCl)CNc1cncc2nnnn12. The predicted molar refractivity (Wildman–Crippen MR) is 61.6 cm³/mol. The Hall–Kier alpha value is -1.43. The molecule has 1 N–H and O–H groups in total. The van der Waals surface area contributed by atoms with Gasteiger partial charge < -0.3 is 5.32 Å². The van der Waals surface area contributed by atoms with Crippen LogP contribution in [0.2, 0.25) is 0 Å². The molecule has 7 heteroatoms. The number of aromatic nitrogens is 5. The van der Waals surface area contributed by atoms with Gasteiger partial charge in [0.2, 0.25) is 0 Å². The Bertz CT molecular complexity index is 456. The summed E-state index contributed by atoms with van der Waals surface area (Å²) in [5.74, 6) is 1.98. The minimum absolute atomic E-state index is 0.504. The fourth-order valence-electron chi connectivity index (χ4n) is 1.36. The van der Waals surface area contributed by atoms with Gasteiger partial charge in [0.05, 0.1) is 12.4 Å². The lowest BCUT2D eigenvalue weighted by atomic mass is 10.1. The number of halogens is 1. The molecule has 86 valence electrons. The van der Waals surface area contributed by atoms with Crippen molar-refractivity contribution in [3.05, 3.63) is 12.4 Å². The lowest BCUT2D eigenvalue weighted by Crippen LogP contribution is -2.14. The number of nitrogens with zero attached hydrogens (tertiary/aromatic N) is 5. The van der Waals surface area contributed by atoms with Gasteiger partial charge >= 0.3 is 0 Å². The average Bonchev–Trinajstić information content (AvgIpc) is 2.75. The number of alkyl halides is 1. The van der Waals surface area contributed by atoms with E-state index in [4.69, 9.17) is 11.6 Å². The van der Waals surface area contributed by atoms with Crippen molar-refractivity contribution < 1.29 is 0 Å². The van der Waals surface area contributed by atoms with E-state index in [0.717, 1.165) is 18.8 Å². The van der Waals surface area contributed by atoms with E-state index >= 15 is 0 Å². The zero-order valence-corrected chi connectivity index (χ0v) is 9.72. The zero-order valence-electron chi connectivity index (χ0n) is 8.97. The van der Waals surface area contributed by atoms with Gasteiger partial charge in [-0.1, -0.05) is 6.92 Å². The van der Waals surface area contributed by atoms with Crippen LogP contribution in [0.4, 0.5) is 5.82 Å². The van der Waals surface area contributed by atoms with E-state index < -0.39 is 0 Å². The summed E-state index contributed by atoms with van der Waals surface area (Å²) in [6.45, 7) is 2.97. The molecular formula is C9H13ClN6. The first-order valence-corrected chi connectivity index (χ1v) is 5.66. The second-order valence-corrected chi connectivity index (χ2v) is 4.08. The first kappa shape index (κ1) is 11.1. The van der Waals surface area contributed by atoms with Gasteiger partial charge in [-0.3, -0.25) is 4.98 Å². The minimum atomic E-state index is 0.504. The van der Waals surface area contributed by atoms with Gasteiger partial charge in [0.1, 0.15) is 5.82 Å². The fourth-order valence-corrected chi connectivity index (χ4v) is 1.74. The molecule has 0 saturated heterocycles. The molecule has 0 radical (unpaired) electrons. The number of tetrazole rings is 1. The molecule has 2 aromatic heterocycles. The summed E-state index contributed by atoms with van der Waals surface area (Å²) in [5.41, 5.74) is 0.634. The van der Waals surface area contributed by atoms with Gasteiger partial charge in [0, 0.05) is 12.4 Å². The monoisotopic (exact) mass is 240 g/mol. The minimum Gasteiger partial charge on any atom is -0.368 e.